The van der Waals surface area contributed by atoms with E-state index in [0.29, 0.717) is 6.54 Å². The van der Waals surface area contributed by atoms with Gasteiger partial charge in [-0.25, -0.2) is 0 Å². The Bertz CT molecular complexity index is 623. The maximum absolute atomic E-state index is 11.4. The summed E-state index contributed by atoms with van der Waals surface area (Å²) < 4.78 is 0. The minimum Gasteiger partial charge on any atom is -0.328 e. The highest BCUT2D eigenvalue weighted by Crippen LogP contribution is 2.17. The van der Waals surface area contributed by atoms with E-state index in [1.807, 2.05) is 55.5 Å². The number of hydrogen-bond acceptors (Lipinski definition) is 3. The summed E-state index contributed by atoms with van der Waals surface area (Å²) in [5.74, 6) is 0. The van der Waals surface area contributed by atoms with Gasteiger partial charge >= 0.3 is 0 Å². The molecule has 114 valence electrons. The fourth-order valence-corrected chi connectivity index (χ4v) is 2.08. The number of hydrogen-bond donors (Lipinski definition) is 1. The number of amides is 1. The Balaban J connectivity index is 2.12. The molecule has 1 heterocycles. The van der Waals surface area contributed by atoms with Gasteiger partial charge in [0.05, 0.1) is 18.4 Å². The van der Waals surface area contributed by atoms with Crippen LogP contribution in [0.15, 0.2) is 54.9 Å². The molecule has 0 saturated heterocycles. The first-order valence-corrected chi connectivity index (χ1v) is 7.32. The van der Waals surface area contributed by atoms with Crippen LogP contribution >= 0.6 is 0 Å². The van der Waals surface area contributed by atoms with Gasteiger partial charge in [0.1, 0.15) is 0 Å². The van der Waals surface area contributed by atoms with Crippen molar-refractivity contribution in [3.8, 4) is 0 Å². The number of benzene rings is 1. The molecule has 1 atom stereocenters. The van der Waals surface area contributed by atoms with Crippen LogP contribution in [-0.2, 0) is 11.3 Å². The smallest absolute Gasteiger partial charge is 0.214 e. The second kappa shape index (κ2) is 8.10. The fraction of sp³-hybridized carbons (Fsp3) is 0.222. The number of anilines is 1. The highest BCUT2D eigenvalue weighted by atomic mass is 16.1. The fourth-order valence-electron chi connectivity index (χ4n) is 2.08. The predicted molar refractivity (Wildman–Crippen MR) is 90.2 cm³/mol. The minimum absolute atomic E-state index is 0.136. The molecule has 2 rings (SSSR count). The number of carbonyl (C=O) groups excluding carboxylic acids is 1. The zero-order valence-corrected chi connectivity index (χ0v) is 12.7. The number of nitrogens with two attached hydrogens (primary N) is 1. The van der Waals surface area contributed by atoms with Gasteiger partial charge in [0.25, 0.3) is 0 Å². The van der Waals surface area contributed by atoms with E-state index in [1.54, 1.807) is 17.3 Å². The van der Waals surface area contributed by atoms with E-state index < -0.39 is 0 Å². The average molecular weight is 295 g/mol. The molecular formula is C18H21N3O. The molecule has 1 aromatic carbocycles. The van der Waals surface area contributed by atoms with Crippen molar-refractivity contribution in [1.82, 2.24) is 4.98 Å². The first kappa shape index (κ1) is 15.9. The van der Waals surface area contributed by atoms with E-state index in [2.05, 4.69) is 4.98 Å². The van der Waals surface area contributed by atoms with Crippen LogP contribution in [0.25, 0.3) is 6.08 Å². The Morgan fingerprint density at radius 2 is 2.05 bits per heavy atom. The Morgan fingerprint density at radius 3 is 2.73 bits per heavy atom. The Hall–Kier alpha value is -2.46. The van der Waals surface area contributed by atoms with Crippen molar-refractivity contribution in [2.75, 3.05) is 4.90 Å². The summed E-state index contributed by atoms with van der Waals surface area (Å²) in [6.45, 7) is 2.49. The van der Waals surface area contributed by atoms with E-state index in [9.17, 15) is 4.79 Å². The van der Waals surface area contributed by atoms with Gasteiger partial charge in [0.15, 0.2) is 0 Å². The van der Waals surface area contributed by atoms with Crippen molar-refractivity contribution < 1.29 is 4.79 Å². The minimum atomic E-state index is 0.136. The summed E-state index contributed by atoms with van der Waals surface area (Å²) >= 11 is 0. The quantitative estimate of drug-likeness (QED) is 0.799. The molecule has 0 fully saturated rings. The van der Waals surface area contributed by atoms with Crippen LogP contribution in [0.2, 0.25) is 0 Å². The van der Waals surface area contributed by atoms with Crippen LogP contribution in [0.1, 0.15) is 24.5 Å². The normalized spacial score (nSPS) is 12.3. The lowest BCUT2D eigenvalue weighted by Crippen LogP contribution is -2.20. The molecule has 0 bridgehead atoms. The maximum atomic E-state index is 11.4. The summed E-state index contributed by atoms with van der Waals surface area (Å²) in [7, 11) is 0. The molecule has 2 aromatic rings. The Kier molecular flexibility index (Phi) is 5.86. The molecule has 0 aliphatic heterocycles. The molecule has 1 unspecified atom stereocenters. The average Bonchev–Trinajstić information content (AvgIpc) is 2.53. The third-order valence-corrected chi connectivity index (χ3v) is 3.22. The van der Waals surface area contributed by atoms with Crippen molar-refractivity contribution in [1.29, 1.82) is 0 Å². The number of aromatic nitrogens is 1. The summed E-state index contributed by atoms with van der Waals surface area (Å²) in [5.41, 5.74) is 8.53. The van der Waals surface area contributed by atoms with Gasteiger partial charge < -0.3 is 10.6 Å². The number of nitrogens with zero attached hydrogens (tertiary/aromatic N) is 2. The molecule has 2 N–H and O–H groups in total. The summed E-state index contributed by atoms with van der Waals surface area (Å²) in [6, 6.07) is 12.0. The van der Waals surface area contributed by atoms with Crippen LogP contribution < -0.4 is 10.6 Å². The largest absolute Gasteiger partial charge is 0.328 e. The Labute approximate surface area is 131 Å². The highest BCUT2D eigenvalue weighted by Gasteiger charge is 2.07. The predicted octanol–water partition coefficient (Wildman–Crippen LogP) is 3.00. The molecular weight excluding hydrogens is 274 g/mol. The van der Waals surface area contributed by atoms with Crippen LogP contribution in [0.3, 0.4) is 0 Å². The number of rotatable bonds is 7. The molecule has 22 heavy (non-hydrogen) atoms. The lowest BCUT2D eigenvalue weighted by molar-refractivity contribution is -0.107. The molecule has 0 spiro atoms. The zero-order chi connectivity index (χ0) is 15.8. The van der Waals surface area contributed by atoms with Crippen molar-refractivity contribution in [3.63, 3.8) is 0 Å². The van der Waals surface area contributed by atoms with Crippen LogP contribution in [0.4, 0.5) is 5.69 Å². The van der Waals surface area contributed by atoms with Crippen molar-refractivity contribution in [2.45, 2.75) is 25.9 Å². The topological polar surface area (TPSA) is 59.2 Å². The van der Waals surface area contributed by atoms with Gasteiger partial charge in [-0.3, -0.25) is 9.78 Å². The molecule has 4 nitrogen and oxygen atoms in total. The van der Waals surface area contributed by atoms with Crippen molar-refractivity contribution in [2.24, 2.45) is 5.73 Å². The lowest BCUT2D eigenvalue weighted by atomic mass is 10.1. The van der Waals surface area contributed by atoms with E-state index in [1.165, 1.54) is 0 Å². The monoisotopic (exact) mass is 295 g/mol. The number of pyridine rings is 1. The van der Waals surface area contributed by atoms with E-state index >= 15 is 0 Å². The second-order valence-electron chi connectivity index (χ2n) is 5.31. The summed E-state index contributed by atoms with van der Waals surface area (Å²) in [6.07, 6.45) is 9.11. The summed E-state index contributed by atoms with van der Waals surface area (Å²) in [4.78, 5) is 17.2. The molecule has 1 amide bonds. The molecule has 0 aliphatic carbocycles. The van der Waals surface area contributed by atoms with Gasteiger partial charge in [-0.05, 0) is 30.5 Å². The summed E-state index contributed by atoms with van der Waals surface area (Å²) in [5, 5.41) is 0. The van der Waals surface area contributed by atoms with E-state index in [4.69, 9.17) is 5.73 Å². The molecule has 0 aliphatic rings. The first-order valence-electron chi connectivity index (χ1n) is 7.32. The van der Waals surface area contributed by atoms with Crippen molar-refractivity contribution in [3.05, 3.63) is 66.0 Å². The van der Waals surface area contributed by atoms with Crippen LogP contribution in [0, 0.1) is 0 Å². The zero-order valence-electron chi connectivity index (χ0n) is 12.7. The van der Waals surface area contributed by atoms with Crippen molar-refractivity contribution >= 4 is 18.2 Å². The second-order valence-corrected chi connectivity index (χ2v) is 5.31. The SMILES string of the molecule is CC(N)CC=Cc1cncc(N(C=O)Cc2ccccc2)c1. The van der Waals surface area contributed by atoms with Gasteiger partial charge in [-0.2, -0.15) is 0 Å². The lowest BCUT2D eigenvalue weighted by Gasteiger charge is -2.17. The molecule has 1 aromatic heterocycles. The van der Waals surface area contributed by atoms with Gasteiger partial charge in [-0.15, -0.1) is 0 Å². The van der Waals surface area contributed by atoms with Gasteiger partial charge in [0.2, 0.25) is 6.41 Å². The first-order chi connectivity index (χ1) is 10.7. The van der Waals surface area contributed by atoms with Gasteiger partial charge in [0, 0.05) is 12.2 Å². The van der Waals surface area contributed by atoms with Crippen LogP contribution in [0.5, 0.6) is 0 Å². The highest BCUT2D eigenvalue weighted by molar-refractivity contribution is 5.75. The van der Waals surface area contributed by atoms with Gasteiger partial charge in [-0.1, -0.05) is 42.5 Å². The molecule has 4 heteroatoms. The van der Waals surface area contributed by atoms with E-state index in [0.717, 1.165) is 29.6 Å². The maximum Gasteiger partial charge on any atom is 0.214 e. The van der Waals surface area contributed by atoms with E-state index in [-0.39, 0.29) is 6.04 Å². The Morgan fingerprint density at radius 1 is 1.27 bits per heavy atom. The third-order valence-electron chi connectivity index (χ3n) is 3.22. The molecule has 0 saturated carbocycles. The number of carbonyl (C=O) groups is 1. The third kappa shape index (κ3) is 4.82. The standard InChI is InChI=1S/C18H21N3O/c1-15(19)6-5-9-17-10-18(12-20-11-17)21(14-22)13-16-7-3-2-4-8-16/h2-5,7-12,14-15H,6,13,19H2,1H3. The molecule has 0 radical (unpaired) electrons. The van der Waals surface area contributed by atoms with Crippen LogP contribution in [-0.4, -0.2) is 17.4 Å².